The molecule has 2 aromatic carbocycles. The number of hydrogen-bond donors (Lipinski definition) is 2. The molecule has 1 heterocycles. The van der Waals surface area contributed by atoms with Crippen LogP contribution >= 0.6 is 0 Å². The lowest BCUT2D eigenvalue weighted by Crippen LogP contribution is -2.47. The third-order valence-corrected chi connectivity index (χ3v) is 5.68. The molecule has 0 bridgehead atoms. The number of likely N-dealkylation sites (tertiary alicyclic amines) is 1. The number of amides is 2. The van der Waals surface area contributed by atoms with E-state index >= 15 is 0 Å². The van der Waals surface area contributed by atoms with Crippen LogP contribution in [0.15, 0.2) is 36.4 Å². The van der Waals surface area contributed by atoms with Gasteiger partial charge in [-0.05, 0) is 36.8 Å². The van der Waals surface area contributed by atoms with Gasteiger partial charge < -0.3 is 20.1 Å². The molecular formula is C23H28N2O5. The molecule has 0 radical (unpaired) electrons. The maximum Gasteiger partial charge on any atom is 0.326 e. The summed E-state index contributed by atoms with van der Waals surface area (Å²) in [6.07, 6.45) is 2.12. The fourth-order valence-electron chi connectivity index (χ4n) is 3.99. The zero-order chi connectivity index (χ0) is 21.7. The Balaban J connectivity index is 1.67. The maximum absolute atomic E-state index is 13.1. The standard InChI is InChI=1S/C23H28N2O5/c1-3-6-19(23(28)29)24-21(26)15-11-13-25(14-12-15)22(27)18-9-10-20(30-2)17-8-5-4-7-16(17)18/h4-5,7-10,15,19H,3,6,11-14H2,1-2H3,(H,24,26)(H,28,29)/t19-/m1/s1. The molecule has 7 heteroatoms. The first-order chi connectivity index (χ1) is 14.5. The first kappa shape index (κ1) is 21.6. The molecule has 1 aliphatic rings. The number of carboxylic acid groups (broad SMARTS) is 1. The van der Waals surface area contributed by atoms with E-state index in [-0.39, 0.29) is 17.7 Å². The molecule has 1 saturated heterocycles. The number of carbonyl (C=O) groups excluding carboxylic acids is 2. The summed E-state index contributed by atoms with van der Waals surface area (Å²) in [6, 6.07) is 10.4. The fourth-order valence-corrected chi connectivity index (χ4v) is 3.99. The van der Waals surface area contributed by atoms with Crippen LogP contribution < -0.4 is 10.1 Å². The highest BCUT2D eigenvalue weighted by Gasteiger charge is 2.30. The van der Waals surface area contributed by atoms with Gasteiger partial charge >= 0.3 is 5.97 Å². The Kier molecular flexibility index (Phi) is 6.92. The van der Waals surface area contributed by atoms with Gasteiger partial charge in [0.1, 0.15) is 11.8 Å². The van der Waals surface area contributed by atoms with E-state index in [1.165, 1.54) is 0 Å². The second-order valence-corrected chi connectivity index (χ2v) is 7.62. The van der Waals surface area contributed by atoms with Crippen LogP contribution in [0.1, 0.15) is 43.0 Å². The molecule has 2 N–H and O–H groups in total. The quantitative estimate of drug-likeness (QED) is 0.729. The predicted molar refractivity (Wildman–Crippen MR) is 114 cm³/mol. The summed E-state index contributed by atoms with van der Waals surface area (Å²) < 4.78 is 5.40. The van der Waals surface area contributed by atoms with Crippen LogP contribution in [0.3, 0.4) is 0 Å². The van der Waals surface area contributed by atoms with Gasteiger partial charge in [0, 0.05) is 30.0 Å². The summed E-state index contributed by atoms with van der Waals surface area (Å²) in [4.78, 5) is 38.7. The number of carboxylic acids is 1. The van der Waals surface area contributed by atoms with Crippen molar-refractivity contribution in [1.82, 2.24) is 10.2 Å². The second-order valence-electron chi connectivity index (χ2n) is 7.62. The number of carbonyl (C=O) groups is 3. The number of ether oxygens (including phenoxy) is 1. The first-order valence-corrected chi connectivity index (χ1v) is 10.3. The molecule has 160 valence electrons. The van der Waals surface area contributed by atoms with E-state index in [4.69, 9.17) is 4.74 Å². The summed E-state index contributed by atoms with van der Waals surface area (Å²) in [5, 5.41) is 13.6. The highest BCUT2D eigenvalue weighted by molar-refractivity contribution is 6.08. The normalized spacial score (nSPS) is 15.6. The molecule has 2 aromatic rings. The lowest BCUT2D eigenvalue weighted by molar-refractivity contribution is -0.142. The third-order valence-electron chi connectivity index (χ3n) is 5.68. The summed E-state index contributed by atoms with van der Waals surface area (Å²) >= 11 is 0. The Morgan fingerprint density at radius 1 is 1.13 bits per heavy atom. The van der Waals surface area contributed by atoms with Gasteiger partial charge in [-0.15, -0.1) is 0 Å². The average molecular weight is 412 g/mol. The van der Waals surface area contributed by atoms with Gasteiger partial charge in [0.05, 0.1) is 7.11 Å². The molecule has 0 aliphatic carbocycles. The zero-order valence-corrected chi connectivity index (χ0v) is 17.4. The Bertz CT molecular complexity index is 934. The number of aliphatic carboxylic acids is 1. The number of piperidine rings is 1. The SMILES string of the molecule is CCC[C@@H](NC(=O)C1CCN(C(=O)c2ccc(OC)c3ccccc23)CC1)C(=O)O. The van der Waals surface area contributed by atoms with Crippen molar-refractivity contribution >= 4 is 28.6 Å². The van der Waals surface area contributed by atoms with Crippen LogP contribution in [-0.4, -0.2) is 54.0 Å². The van der Waals surface area contributed by atoms with Gasteiger partial charge in [0.2, 0.25) is 5.91 Å². The van der Waals surface area contributed by atoms with Crippen molar-refractivity contribution in [3.05, 3.63) is 42.0 Å². The van der Waals surface area contributed by atoms with Gasteiger partial charge in [-0.25, -0.2) is 4.79 Å². The minimum atomic E-state index is -1.01. The largest absolute Gasteiger partial charge is 0.496 e. The number of methoxy groups -OCH3 is 1. The lowest BCUT2D eigenvalue weighted by atomic mass is 9.94. The molecule has 1 atom stereocenters. The molecule has 3 rings (SSSR count). The van der Waals surface area contributed by atoms with Crippen LogP contribution in [0.4, 0.5) is 0 Å². The minimum Gasteiger partial charge on any atom is -0.496 e. The van der Waals surface area contributed by atoms with Gasteiger partial charge in [-0.1, -0.05) is 37.6 Å². The smallest absolute Gasteiger partial charge is 0.326 e. The Labute approximate surface area is 176 Å². The van der Waals surface area contributed by atoms with Crippen molar-refractivity contribution in [1.29, 1.82) is 0 Å². The summed E-state index contributed by atoms with van der Waals surface area (Å²) in [6.45, 7) is 2.81. The molecule has 0 aromatic heterocycles. The van der Waals surface area contributed by atoms with Crippen molar-refractivity contribution in [2.75, 3.05) is 20.2 Å². The topological polar surface area (TPSA) is 95.9 Å². The zero-order valence-electron chi connectivity index (χ0n) is 17.4. The lowest BCUT2D eigenvalue weighted by Gasteiger charge is -2.32. The van der Waals surface area contributed by atoms with E-state index in [1.54, 1.807) is 24.1 Å². The minimum absolute atomic E-state index is 0.0675. The van der Waals surface area contributed by atoms with Crippen molar-refractivity contribution in [3.8, 4) is 5.75 Å². The van der Waals surface area contributed by atoms with Crippen molar-refractivity contribution in [3.63, 3.8) is 0 Å². The second kappa shape index (κ2) is 9.61. The average Bonchev–Trinajstić information content (AvgIpc) is 2.77. The van der Waals surface area contributed by atoms with E-state index in [9.17, 15) is 19.5 Å². The number of rotatable bonds is 7. The van der Waals surface area contributed by atoms with Gasteiger partial charge in [-0.2, -0.15) is 0 Å². The van der Waals surface area contributed by atoms with E-state index < -0.39 is 12.0 Å². The van der Waals surface area contributed by atoms with Crippen LogP contribution in [-0.2, 0) is 9.59 Å². The predicted octanol–water partition coefficient (Wildman–Crippen LogP) is 3.07. The highest BCUT2D eigenvalue weighted by atomic mass is 16.5. The maximum atomic E-state index is 13.1. The van der Waals surface area contributed by atoms with Gasteiger partial charge in [0.25, 0.3) is 5.91 Å². The number of nitrogens with one attached hydrogen (secondary N) is 1. The summed E-state index contributed by atoms with van der Waals surface area (Å²) in [7, 11) is 1.61. The first-order valence-electron chi connectivity index (χ1n) is 10.3. The molecule has 7 nitrogen and oxygen atoms in total. The molecule has 1 aliphatic heterocycles. The Morgan fingerprint density at radius 3 is 2.40 bits per heavy atom. The van der Waals surface area contributed by atoms with E-state index in [2.05, 4.69) is 5.32 Å². The monoisotopic (exact) mass is 412 g/mol. The molecule has 30 heavy (non-hydrogen) atoms. The van der Waals surface area contributed by atoms with E-state index in [0.717, 1.165) is 16.5 Å². The van der Waals surface area contributed by atoms with Crippen molar-refractivity contribution < 1.29 is 24.2 Å². The van der Waals surface area contributed by atoms with Gasteiger partial charge in [0.15, 0.2) is 0 Å². The molecule has 0 unspecified atom stereocenters. The molecular weight excluding hydrogens is 384 g/mol. The Morgan fingerprint density at radius 2 is 1.80 bits per heavy atom. The van der Waals surface area contributed by atoms with Crippen LogP contribution in [0, 0.1) is 5.92 Å². The van der Waals surface area contributed by atoms with Crippen molar-refractivity contribution in [2.24, 2.45) is 5.92 Å². The van der Waals surface area contributed by atoms with Crippen LogP contribution in [0.5, 0.6) is 5.75 Å². The van der Waals surface area contributed by atoms with Gasteiger partial charge in [-0.3, -0.25) is 9.59 Å². The van der Waals surface area contributed by atoms with Crippen LogP contribution in [0.2, 0.25) is 0 Å². The number of fused-ring (bicyclic) bond motifs is 1. The molecule has 0 spiro atoms. The van der Waals surface area contributed by atoms with E-state index in [1.807, 2.05) is 31.2 Å². The van der Waals surface area contributed by atoms with E-state index in [0.29, 0.717) is 44.3 Å². The van der Waals surface area contributed by atoms with Crippen LogP contribution in [0.25, 0.3) is 10.8 Å². The molecule has 0 saturated carbocycles. The Hall–Kier alpha value is -3.09. The molecule has 1 fully saturated rings. The molecule has 2 amide bonds. The fraction of sp³-hybridized carbons (Fsp3) is 0.435. The highest BCUT2D eigenvalue weighted by Crippen LogP contribution is 2.30. The number of nitrogens with zero attached hydrogens (tertiary/aromatic N) is 1. The summed E-state index contributed by atoms with van der Waals surface area (Å²) in [5.41, 5.74) is 0.614. The van der Waals surface area contributed by atoms with Crippen molar-refractivity contribution in [2.45, 2.75) is 38.6 Å². The number of hydrogen-bond acceptors (Lipinski definition) is 4. The third kappa shape index (κ3) is 4.56. The number of benzene rings is 2. The summed E-state index contributed by atoms with van der Waals surface area (Å²) in [5.74, 6) is -0.873.